The summed E-state index contributed by atoms with van der Waals surface area (Å²) in [6, 6.07) is 5.64. The highest BCUT2D eigenvalue weighted by Crippen LogP contribution is 2.45. The van der Waals surface area contributed by atoms with Gasteiger partial charge in [0.2, 0.25) is 0 Å². The number of fused-ring (bicyclic) bond motifs is 1. The summed E-state index contributed by atoms with van der Waals surface area (Å²) in [7, 11) is 1.43. The first kappa shape index (κ1) is 17.8. The molecule has 1 saturated carbocycles. The summed E-state index contributed by atoms with van der Waals surface area (Å²) >= 11 is 1.47. The number of H-pyrrole nitrogens is 1. The molecule has 146 valence electrons. The number of rotatable bonds is 4. The third-order valence-corrected chi connectivity index (χ3v) is 6.13. The van der Waals surface area contributed by atoms with Crippen LogP contribution in [0.15, 0.2) is 51.8 Å². The highest BCUT2D eigenvalue weighted by atomic mass is 32.1. The second-order valence-electron chi connectivity index (χ2n) is 6.99. The lowest BCUT2D eigenvalue weighted by Gasteiger charge is -2.15. The van der Waals surface area contributed by atoms with E-state index < -0.39 is 17.1 Å². The van der Waals surface area contributed by atoms with Crippen LogP contribution in [0.2, 0.25) is 0 Å². The van der Waals surface area contributed by atoms with Crippen LogP contribution < -0.4 is 16.0 Å². The first-order valence-corrected chi connectivity index (χ1v) is 10.0. The maximum Gasteiger partial charge on any atom is 0.333 e. The molecule has 4 aromatic rings. The van der Waals surface area contributed by atoms with Gasteiger partial charge in [-0.2, -0.15) is 0 Å². The van der Waals surface area contributed by atoms with E-state index in [1.54, 1.807) is 12.4 Å². The maximum atomic E-state index is 15.2. The lowest BCUT2D eigenvalue weighted by molar-refractivity contribution is 0.415. The van der Waals surface area contributed by atoms with Crippen LogP contribution in [0.4, 0.5) is 4.39 Å². The molecule has 0 atom stereocenters. The Morgan fingerprint density at radius 1 is 1.24 bits per heavy atom. The van der Waals surface area contributed by atoms with Crippen molar-refractivity contribution in [1.29, 1.82) is 0 Å². The summed E-state index contributed by atoms with van der Waals surface area (Å²) in [4.78, 5) is 32.1. The fourth-order valence-electron chi connectivity index (χ4n) is 3.68. The summed E-state index contributed by atoms with van der Waals surface area (Å²) in [6.07, 6.45) is 6.25. The smallest absolute Gasteiger partial charge is 0.333 e. The highest BCUT2D eigenvalue weighted by Gasteiger charge is 2.32. The molecule has 5 rings (SSSR count). The fourth-order valence-corrected chi connectivity index (χ4v) is 4.58. The van der Waals surface area contributed by atoms with Crippen molar-refractivity contribution in [3.63, 3.8) is 0 Å². The van der Waals surface area contributed by atoms with Gasteiger partial charge in [0, 0.05) is 22.8 Å². The quantitative estimate of drug-likeness (QED) is 0.556. The number of ether oxygens (including phenoxy) is 1. The van der Waals surface area contributed by atoms with Crippen molar-refractivity contribution >= 4 is 16.9 Å². The highest BCUT2D eigenvalue weighted by molar-refractivity contribution is 7.14. The second-order valence-corrected chi connectivity index (χ2v) is 7.90. The largest absolute Gasteiger partial charge is 0.494 e. The monoisotopic (exact) mass is 409 g/mol. The van der Waals surface area contributed by atoms with E-state index in [0.29, 0.717) is 16.6 Å². The van der Waals surface area contributed by atoms with E-state index in [-0.39, 0.29) is 17.2 Å². The summed E-state index contributed by atoms with van der Waals surface area (Å²) < 4.78 is 21.9. The number of aromatic amines is 1. The van der Waals surface area contributed by atoms with Crippen LogP contribution in [0.1, 0.15) is 24.3 Å². The number of thiophene rings is 1. The minimum absolute atomic E-state index is 0.0522. The van der Waals surface area contributed by atoms with E-state index in [1.165, 1.54) is 18.4 Å². The number of methoxy groups -OCH3 is 1. The minimum atomic E-state index is -0.680. The molecule has 0 aromatic carbocycles. The molecule has 1 aliphatic rings. The Morgan fingerprint density at radius 3 is 2.69 bits per heavy atom. The number of nitrogens with zero attached hydrogens (tertiary/aromatic N) is 2. The number of halogens is 1. The molecule has 8 heteroatoms. The van der Waals surface area contributed by atoms with Gasteiger partial charge >= 0.3 is 5.69 Å². The van der Waals surface area contributed by atoms with Crippen molar-refractivity contribution in [1.82, 2.24) is 14.4 Å². The van der Waals surface area contributed by atoms with Crippen molar-refractivity contribution in [2.24, 2.45) is 0 Å². The first-order valence-electron chi connectivity index (χ1n) is 9.13. The SMILES string of the molecule is COc1c(-c2csc(-c3ccncc3)c2)c(F)cn2c(=O)[nH]c(=O)c(C3CC3)c12. The molecule has 4 aromatic heterocycles. The molecule has 0 saturated heterocycles. The summed E-state index contributed by atoms with van der Waals surface area (Å²) in [5, 5.41) is 1.84. The van der Waals surface area contributed by atoms with E-state index >= 15 is 4.39 Å². The van der Waals surface area contributed by atoms with Gasteiger partial charge in [0.15, 0.2) is 11.6 Å². The second kappa shape index (κ2) is 6.66. The zero-order valence-corrected chi connectivity index (χ0v) is 16.3. The van der Waals surface area contributed by atoms with Crippen molar-refractivity contribution in [3.05, 3.63) is 74.4 Å². The fraction of sp³-hybridized carbons (Fsp3) is 0.190. The van der Waals surface area contributed by atoms with Gasteiger partial charge in [-0.15, -0.1) is 11.3 Å². The van der Waals surface area contributed by atoms with E-state index in [1.807, 2.05) is 23.6 Å². The lowest BCUT2D eigenvalue weighted by atomic mass is 10.0. The van der Waals surface area contributed by atoms with Crippen molar-refractivity contribution in [3.8, 4) is 27.3 Å². The van der Waals surface area contributed by atoms with Gasteiger partial charge in [-0.05, 0) is 53.5 Å². The third-order valence-electron chi connectivity index (χ3n) is 5.15. The van der Waals surface area contributed by atoms with Crippen LogP contribution >= 0.6 is 11.3 Å². The Hall–Kier alpha value is -3.26. The summed E-state index contributed by atoms with van der Waals surface area (Å²) in [5.41, 5.74) is 1.56. The van der Waals surface area contributed by atoms with Crippen molar-refractivity contribution in [2.45, 2.75) is 18.8 Å². The minimum Gasteiger partial charge on any atom is -0.494 e. The van der Waals surface area contributed by atoms with Crippen molar-refractivity contribution in [2.75, 3.05) is 7.11 Å². The molecule has 0 bridgehead atoms. The van der Waals surface area contributed by atoms with Gasteiger partial charge < -0.3 is 4.74 Å². The molecular formula is C21H16FN3O3S. The molecule has 29 heavy (non-hydrogen) atoms. The Morgan fingerprint density at radius 2 is 2.00 bits per heavy atom. The van der Waals surface area contributed by atoms with E-state index in [4.69, 9.17) is 4.74 Å². The molecular weight excluding hydrogens is 393 g/mol. The third kappa shape index (κ3) is 2.87. The van der Waals surface area contributed by atoms with Gasteiger partial charge in [0.05, 0.1) is 18.9 Å². The van der Waals surface area contributed by atoms with Gasteiger partial charge in [0.25, 0.3) is 5.56 Å². The van der Waals surface area contributed by atoms with Crippen LogP contribution in [0.3, 0.4) is 0 Å². The Balaban J connectivity index is 1.80. The Labute approximate surface area is 168 Å². The molecule has 6 nitrogen and oxygen atoms in total. The van der Waals surface area contributed by atoms with E-state index in [9.17, 15) is 9.59 Å². The van der Waals surface area contributed by atoms with Crippen LogP contribution in [0.25, 0.3) is 27.1 Å². The zero-order valence-electron chi connectivity index (χ0n) is 15.4. The Kier molecular flexibility index (Phi) is 4.09. The molecule has 0 radical (unpaired) electrons. The molecule has 1 fully saturated rings. The summed E-state index contributed by atoms with van der Waals surface area (Å²) in [6.45, 7) is 0. The molecule has 4 heterocycles. The number of hydrogen-bond donors (Lipinski definition) is 1. The molecule has 1 aliphatic carbocycles. The van der Waals surface area contributed by atoms with Gasteiger partial charge in [0.1, 0.15) is 5.52 Å². The number of hydrogen-bond acceptors (Lipinski definition) is 5. The van der Waals surface area contributed by atoms with Gasteiger partial charge in [-0.25, -0.2) is 9.18 Å². The number of nitrogens with one attached hydrogen (secondary N) is 1. The molecule has 0 unspecified atom stereocenters. The van der Waals surface area contributed by atoms with E-state index in [2.05, 4.69) is 9.97 Å². The van der Waals surface area contributed by atoms with Crippen LogP contribution in [0, 0.1) is 5.82 Å². The molecule has 0 aliphatic heterocycles. The van der Waals surface area contributed by atoms with Crippen LogP contribution in [-0.4, -0.2) is 21.5 Å². The molecule has 1 N–H and O–H groups in total. The lowest BCUT2D eigenvalue weighted by Crippen LogP contribution is -2.29. The normalized spacial score (nSPS) is 13.7. The summed E-state index contributed by atoms with van der Waals surface area (Å²) in [5.74, 6) is -0.338. The zero-order chi connectivity index (χ0) is 20.1. The first-order chi connectivity index (χ1) is 14.1. The Bertz CT molecular complexity index is 1350. The molecule has 0 amide bonds. The van der Waals surface area contributed by atoms with Crippen LogP contribution in [-0.2, 0) is 0 Å². The van der Waals surface area contributed by atoms with Crippen molar-refractivity contribution < 1.29 is 9.13 Å². The number of aromatic nitrogens is 3. The predicted molar refractivity (Wildman–Crippen MR) is 109 cm³/mol. The van der Waals surface area contributed by atoms with Gasteiger partial charge in [-0.3, -0.25) is 19.2 Å². The number of pyridine rings is 2. The van der Waals surface area contributed by atoms with Gasteiger partial charge in [-0.1, -0.05) is 0 Å². The molecule has 0 spiro atoms. The van der Waals surface area contributed by atoms with E-state index in [0.717, 1.165) is 33.9 Å². The average Bonchev–Trinajstić information content (AvgIpc) is 3.44. The standard InChI is InChI=1S/C21H16FN3O3S/c1-28-19-16(13-8-15(29-10-13)11-4-6-23-7-5-11)14(22)9-25-18(19)17(12-2-3-12)20(26)24-21(25)27/h4-10,12H,2-3H2,1H3,(H,24,26,27). The average molecular weight is 409 g/mol. The predicted octanol–water partition coefficient (Wildman–Crippen LogP) is 3.80. The topological polar surface area (TPSA) is 76.5 Å². The van der Waals surface area contributed by atoms with Crippen LogP contribution in [0.5, 0.6) is 5.75 Å². The maximum absolute atomic E-state index is 15.2.